The summed E-state index contributed by atoms with van der Waals surface area (Å²) in [7, 11) is 0. The fourth-order valence-corrected chi connectivity index (χ4v) is 3.41. The molecule has 1 aromatic rings. The van der Waals surface area contributed by atoms with Gasteiger partial charge < -0.3 is 21.5 Å². The van der Waals surface area contributed by atoms with E-state index < -0.39 is 5.91 Å². The Morgan fingerprint density at radius 1 is 1.33 bits per heavy atom. The second-order valence-corrected chi connectivity index (χ2v) is 5.88. The first-order chi connectivity index (χ1) is 10.0. The Morgan fingerprint density at radius 3 is 2.57 bits per heavy atom. The second kappa shape index (κ2) is 7.00. The molecule has 0 bridgehead atoms. The summed E-state index contributed by atoms with van der Waals surface area (Å²) >= 11 is 6.32. The van der Waals surface area contributed by atoms with Crippen molar-refractivity contribution in [1.29, 1.82) is 0 Å². The quantitative estimate of drug-likeness (QED) is 0.726. The van der Waals surface area contributed by atoms with Crippen molar-refractivity contribution < 1.29 is 9.90 Å². The highest BCUT2D eigenvalue weighted by atomic mass is 35.5. The lowest BCUT2D eigenvalue weighted by Crippen LogP contribution is -2.40. The van der Waals surface area contributed by atoms with Crippen molar-refractivity contribution in [2.24, 2.45) is 5.73 Å². The van der Waals surface area contributed by atoms with Gasteiger partial charge in [-0.05, 0) is 25.0 Å². The van der Waals surface area contributed by atoms with Gasteiger partial charge in [0.05, 0.1) is 22.9 Å². The van der Waals surface area contributed by atoms with Crippen molar-refractivity contribution in [3.05, 3.63) is 22.7 Å². The molecule has 0 atom stereocenters. The molecule has 0 aromatic heterocycles. The maximum atomic E-state index is 11.7. The van der Waals surface area contributed by atoms with E-state index >= 15 is 0 Å². The maximum absolute atomic E-state index is 11.7. The predicted molar refractivity (Wildman–Crippen MR) is 85.7 cm³/mol. The molecule has 2 rings (SSSR count). The highest BCUT2D eigenvalue weighted by molar-refractivity contribution is 6.34. The Kier molecular flexibility index (Phi) is 5.31. The molecule has 0 radical (unpaired) electrons. The van der Waals surface area contributed by atoms with E-state index in [9.17, 15) is 9.90 Å². The minimum Gasteiger partial charge on any atom is -0.399 e. The number of halogens is 1. The van der Waals surface area contributed by atoms with Crippen molar-refractivity contribution in [3.63, 3.8) is 0 Å². The van der Waals surface area contributed by atoms with Crippen LogP contribution in [0.4, 0.5) is 11.4 Å². The fourth-order valence-electron chi connectivity index (χ4n) is 3.08. The Morgan fingerprint density at radius 2 is 2.00 bits per heavy atom. The third kappa shape index (κ3) is 3.60. The minimum absolute atomic E-state index is 0.00456. The number of rotatable bonds is 5. The molecule has 116 valence electrons. The number of hydrogen-bond donors (Lipinski definition) is 3. The van der Waals surface area contributed by atoms with Gasteiger partial charge in [-0.1, -0.05) is 30.9 Å². The third-order valence-electron chi connectivity index (χ3n) is 3.99. The summed E-state index contributed by atoms with van der Waals surface area (Å²) in [5.41, 5.74) is 12.6. The van der Waals surface area contributed by atoms with Crippen LogP contribution in [0.25, 0.3) is 0 Å². The van der Waals surface area contributed by atoms with Crippen LogP contribution < -0.4 is 16.4 Å². The highest BCUT2D eigenvalue weighted by Crippen LogP contribution is 2.36. The number of nitrogens with zero attached hydrogens (tertiary/aromatic N) is 1. The Balaban J connectivity index is 2.45. The first-order valence-corrected chi connectivity index (χ1v) is 7.68. The zero-order valence-corrected chi connectivity index (χ0v) is 12.8. The number of aliphatic hydroxyl groups excluding tert-OH is 1. The summed E-state index contributed by atoms with van der Waals surface area (Å²) in [6.07, 6.45) is 5.57. The molecule has 1 aliphatic rings. The zero-order chi connectivity index (χ0) is 15.4. The SMILES string of the molecule is NC(=O)c1cc(N)cc(Cl)c1N(CCO)C1CCCCC1. The lowest BCUT2D eigenvalue weighted by atomic mass is 9.93. The monoisotopic (exact) mass is 311 g/mol. The van der Waals surface area contributed by atoms with Gasteiger partial charge in [0, 0.05) is 18.3 Å². The van der Waals surface area contributed by atoms with Gasteiger partial charge in [0.25, 0.3) is 5.91 Å². The smallest absolute Gasteiger partial charge is 0.250 e. The summed E-state index contributed by atoms with van der Waals surface area (Å²) in [5, 5.41) is 9.78. The zero-order valence-electron chi connectivity index (χ0n) is 12.0. The number of nitrogens with two attached hydrogens (primary N) is 2. The summed E-state index contributed by atoms with van der Waals surface area (Å²) in [6.45, 7) is 0.421. The summed E-state index contributed by atoms with van der Waals surface area (Å²) < 4.78 is 0. The van der Waals surface area contributed by atoms with Gasteiger partial charge in [-0.3, -0.25) is 4.79 Å². The molecule has 1 aromatic carbocycles. The summed E-state index contributed by atoms with van der Waals surface area (Å²) in [4.78, 5) is 13.8. The van der Waals surface area contributed by atoms with E-state index in [1.807, 2.05) is 4.90 Å². The molecule has 0 saturated heterocycles. The van der Waals surface area contributed by atoms with Crippen LogP contribution in [0.3, 0.4) is 0 Å². The van der Waals surface area contributed by atoms with E-state index in [0.29, 0.717) is 28.5 Å². The van der Waals surface area contributed by atoms with Gasteiger partial charge in [-0.25, -0.2) is 0 Å². The third-order valence-corrected chi connectivity index (χ3v) is 4.28. The van der Waals surface area contributed by atoms with Crippen molar-refractivity contribution >= 4 is 28.9 Å². The summed E-state index contributed by atoms with van der Waals surface area (Å²) in [5.74, 6) is -0.557. The molecule has 5 nitrogen and oxygen atoms in total. The van der Waals surface area contributed by atoms with E-state index in [4.69, 9.17) is 23.1 Å². The lowest BCUT2D eigenvalue weighted by Gasteiger charge is -2.37. The molecule has 0 spiro atoms. The number of primary amides is 1. The fraction of sp³-hybridized carbons (Fsp3) is 0.533. The van der Waals surface area contributed by atoms with E-state index in [-0.39, 0.29) is 12.6 Å². The van der Waals surface area contributed by atoms with Gasteiger partial charge in [0.1, 0.15) is 0 Å². The Labute approximate surface area is 129 Å². The minimum atomic E-state index is -0.557. The maximum Gasteiger partial charge on any atom is 0.250 e. The van der Waals surface area contributed by atoms with Crippen LogP contribution in [0, 0.1) is 0 Å². The van der Waals surface area contributed by atoms with Gasteiger partial charge in [0.2, 0.25) is 0 Å². The van der Waals surface area contributed by atoms with Gasteiger partial charge in [0.15, 0.2) is 0 Å². The van der Waals surface area contributed by atoms with E-state index in [0.717, 1.165) is 25.7 Å². The standard InChI is InChI=1S/C15H22ClN3O2/c16-13-9-10(17)8-12(15(18)21)14(13)19(6-7-20)11-4-2-1-3-5-11/h8-9,11,20H,1-7,17H2,(H2,18,21). The van der Waals surface area contributed by atoms with Crippen molar-refractivity contribution in [2.75, 3.05) is 23.8 Å². The molecule has 1 amide bonds. The largest absolute Gasteiger partial charge is 0.399 e. The van der Waals surface area contributed by atoms with Gasteiger partial charge >= 0.3 is 0 Å². The van der Waals surface area contributed by atoms with Crippen molar-refractivity contribution in [2.45, 2.75) is 38.1 Å². The van der Waals surface area contributed by atoms with Crippen molar-refractivity contribution in [1.82, 2.24) is 0 Å². The molecule has 1 aliphatic carbocycles. The first-order valence-electron chi connectivity index (χ1n) is 7.31. The number of amides is 1. The van der Waals surface area contributed by atoms with Gasteiger partial charge in [-0.2, -0.15) is 0 Å². The number of hydrogen-bond acceptors (Lipinski definition) is 4. The average molecular weight is 312 g/mol. The number of aliphatic hydroxyl groups is 1. The number of anilines is 2. The molecule has 1 fully saturated rings. The van der Waals surface area contributed by atoms with E-state index in [1.165, 1.54) is 6.42 Å². The van der Waals surface area contributed by atoms with Gasteiger partial charge in [-0.15, -0.1) is 0 Å². The Bertz CT molecular complexity index is 516. The molecule has 0 aliphatic heterocycles. The number of carbonyl (C=O) groups excluding carboxylic acids is 1. The van der Waals surface area contributed by atoms with Crippen LogP contribution in [-0.4, -0.2) is 30.2 Å². The molecule has 0 unspecified atom stereocenters. The molecule has 21 heavy (non-hydrogen) atoms. The number of nitrogen functional groups attached to an aromatic ring is 1. The molecule has 5 N–H and O–H groups in total. The van der Waals surface area contributed by atoms with E-state index in [2.05, 4.69) is 0 Å². The van der Waals surface area contributed by atoms with Crippen LogP contribution in [0.2, 0.25) is 5.02 Å². The molecular formula is C15H22ClN3O2. The van der Waals surface area contributed by atoms with Crippen molar-refractivity contribution in [3.8, 4) is 0 Å². The van der Waals surface area contributed by atoms with Crippen LogP contribution in [-0.2, 0) is 0 Å². The Hall–Kier alpha value is -1.46. The highest BCUT2D eigenvalue weighted by Gasteiger charge is 2.26. The number of benzene rings is 1. The topological polar surface area (TPSA) is 92.6 Å². The second-order valence-electron chi connectivity index (χ2n) is 5.47. The average Bonchev–Trinajstić information content (AvgIpc) is 2.45. The van der Waals surface area contributed by atoms with Crippen LogP contribution >= 0.6 is 11.6 Å². The molecule has 0 heterocycles. The normalized spacial score (nSPS) is 15.9. The van der Waals surface area contributed by atoms with Crippen LogP contribution in [0.15, 0.2) is 12.1 Å². The lowest BCUT2D eigenvalue weighted by molar-refractivity contribution is 0.100. The van der Waals surface area contributed by atoms with Crippen LogP contribution in [0.5, 0.6) is 0 Å². The molecular weight excluding hydrogens is 290 g/mol. The van der Waals surface area contributed by atoms with Crippen LogP contribution in [0.1, 0.15) is 42.5 Å². The predicted octanol–water partition coefficient (Wildman–Crippen LogP) is 2.15. The molecule has 6 heteroatoms. The first kappa shape index (κ1) is 15.9. The molecule has 1 saturated carbocycles. The number of carbonyl (C=O) groups is 1. The van der Waals surface area contributed by atoms with E-state index in [1.54, 1.807) is 12.1 Å². The summed E-state index contributed by atoms with van der Waals surface area (Å²) in [6, 6.07) is 3.44.